The van der Waals surface area contributed by atoms with E-state index in [1.165, 1.54) is 33.4 Å². The van der Waals surface area contributed by atoms with E-state index in [1.54, 1.807) is 4.57 Å². The minimum atomic E-state index is -0.616. The fourth-order valence-electron chi connectivity index (χ4n) is 21.4. The molecule has 650 valence electrons. The number of hydrogen-bond acceptors (Lipinski definition) is 3. The van der Waals surface area contributed by atoms with Crippen molar-refractivity contribution in [3.63, 3.8) is 0 Å². The summed E-state index contributed by atoms with van der Waals surface area (Å²) in [4.78, 5) is 5.02. The van der Waals surface area contributed by atoms with Gasteiger partial charge in [-0.3, -0.25) is 0 Å². The van der Waals surface area contributed by atoms with Crippen molar-refractivity contribution in [3.05, 3.63) is 354 Å². The van der Waals surface area contributed by atoms with E-state index >= 15 is 0 Å². The van der Waals surface area contributed by atoms with Crippen LogP contribution in [-0.4, -0.2) is 25.0 Å². The third-order valence-corrected chi connectivity index (χ3v) is 28.7. The molecule has 0 N–H and O–H groups in total. The number of para-hydroxylation sites is 4. The van der Waals surface area contributed by atoms with Crippen molar-refractivity contribution in [1.29, 1.82) is 0 Å². The van der Waals surface area contributed by atoms with E-state index < -0.39 is 43.0 Å². The molecule has 0 amide bonds. The van der Waals surface area contributed by atoms with Crippen LogP contribution in [0.5, 0.6) is 0 Å². The molecule has 2 aliphatic rings. The molecule has 132 heavy (non-hydrogen) atoms. The summed E-state index contributed by atoms with van der Waals surface area (Å²) in [5.74, 6) is 0. The molecule has 7 nitrogen and oxygen atoms in total. The summed E-state index contributed by atoms with van der Waals surface area (Å²) in [5.41, 5.74) is 29.8. The predicted octanol–water partition coefficient (Wildman–Crippen LogP) is 32.5. The minimum Gasteiger partial charge on any atom is -0.452 e. The summed E-state index contributed by atoms with van der Waals surface area (Å²) < 4.78 is 94.7. The highest BCUT2D eigenvalue weighted by atomic mass is 16.3. The van der Waals surface area contributed by atoms with Crippen LogP contribution < -0.4 is 26.2 Å². The summed E-state index contributed by atoms with van der Waals surface area (Å²) >= 11 is 0. The molecular weight excluding hydrogens is 1600 g/mol. The van der Waals surface area contributed by atoms with E-state index in [4.69, 9.17) is 4.42 Å². The third kappa shape index (κ3) is 12.9. The Balaban J connectivity index is 0.919. The van der Waals surface area contributed by atoms with Crippen LogP contribution in [0, 0.1) is 0 Å². The summed E-state index contributed by atoms with van der Waals surface area (Å²) in [6, 6.07) is 96.6. The summed E-state index contributed by atoms with van der Waals surface area (Å²) in [6.45, 7) is 47.5. The number of furan rings is 1. The maximum atomic E-state index is 10.1. The normalized spacial score (nSPS) is 14.4. The number of aromatic nitrogens is 4. The highest BCUT2D eigenvalue weighted by Crippen LogP contribution is 2.56. The van der Waals surface area contributed by atoms with Crippen LogP contribution in [0.25, 0.3) is 154 Å². The number of benzene rings is 16. The van der Waals surface area contributed by atoms with E-state index in [0.717, 1.165) is 160 Å². The van der Waals surface area contributed by atoms with Crippen molar-refractivity contribution in [2.24, 2.45) is 0 Å². The Morgan fingerprint density at radius 3 is 0.932 bits per heavy atom. The van der Waals surface area contributed by atoms with Crippen molar-refractivity contribution in [2.75, 3.05) is 9.80 Å². The van der Waals surface area contributed by atoms with Crippen molar-refractivity contribution < 1.29 is 15.4 Å². The Hall–Kier alpha value is -13.8. The molecular formula is C124H115BN6O. The lowest BCUT2D eigenvalue weighted by Gasteiger charge is -2.45. The van der Waals surface area contributed by atoms with Gasteiger partial charge in [0.1, 0.15) is 0 Å². The van der Waals surface area contributed by atoms with Crippen molar-refractivity contribution in [1.82, 2.24) is 18.3 Å². The third-order valence-electron chi connectivity index (χ3n) is 28.7. The van der Waals surface area contributed by atoms with Gasteiger partial charge in [-0.25, -0.2) is 0 Å². The van der Waals surface area contributed by atoms with Gasteiger partial charge in [-0.05, 0) is 250 Å². The number of rotatable bonds is 8. The van der Waals surface area contributed by atoms with Gasteiger partial charge in [-0.15, -0.1) is 0 Å². The van der Waals surface area contributed by atoms with Crippen LogP contribution in [0.3, 0.4) is 0 Å². The molecule has 0 saturated heterocycles. The zero-order valence-electron chi connectivity index (χ0n) is 87.6. The average molecular weight is 1720 g/mol. The molecule has 0 bridgehead atoms. The lowest BCUT2D eigenvalue weighted by Crippen LogP contribution is -2.61. The molecule has 16 aromatic carbocycles. The molecule has 0 unspecified atom stereocenters. The molecule has 0 aliphatic carbocycles. The van der Waals surface area contributed by atoms with Crippen LogP contribution in [0.4, 0.5) is 34.1 Å². The topological polar surface area (TPSA) is 39.3 Å². The maximum Gasteiger partial charge on any atom is 0.252 e. The molecule has 21 aromatic rings. The largest absolute Gasteiger partial charge is 0.452 e. The predicted molar refractivity (Wildman–Crippen MR) is 567 cm³/mol. The molecule has 0 saturated carbocycles. The number of fused-ring (bicyclic) bond motifs is 19. The van der Waals surface area contributed by atoms with Crippen LogP contribution in [0.15, 0.2) is 320 Å². The van der Waals surface area contributed by atoms with Gasteiger partial charge in [0.15, 0.2) is 11.2 Å². The molecule has 0 spiro atoms. The van der Waals surface area contributed by atoms with Crippen LogP contribution in [0.1, 0.15) is 195 Å². The van der Waals surface area contributed by atoms with Crippen LogP contribution in [-0.2, 0) is 37.9 Å². The van der Waals surface area contributed by atoms with Gasteiger partial charge in [-0.1, -0.05) is 315 Å². The second-order valence-electron chi connectivity index (χ2n) is 44.5. The highest BCUT2D eigenvalue weighted by molar-refractivity contribution is 7.00. The fraction of sp³-hybridized carbons (Fsp3) is 0.226. The molecule has 5 aromatic heterocycles. The first-order valence-electron chi connectivity index (χ1n) is 50.8. The van der Waals surface area contributed by atoms with Crippen molar-refractivity contribution >= 4 is 166 Å². The second kappa shape index (κ2) is 28.8. The smallest absolute Gasteiger partial charge is 0.252 e. The van der Waals surface area contributed by atoms with Crippen LogP contribution in [0.2, 0.25) is 0 Å². The second-order valence-corrected chi connectivity index (χ2v) is 44.5. The van der Waals surface area contributed by atoms with E-state index in [0.29, 0.717) is 28.2 Å². The van der Waals surface area contributed by atoms with E-state index in [9.17, 15) is 11.0 Å². The standard InChI is InChI=1S/C124H115BN6O/c1-118(2,3)76-46-56-102-92(62-76)93-63-77(119(4,5)6)47-57-103(93)127(102)84-53-55-99-111(71-84)131(115-90(74-34-24-22-25-35-74)68-82(124(19,20)21)69-91(115)75-36-26-23-27-37-75)113-73-85(128-104-58-48-78(120(7,8)9)64-94(104)95-65-79(121(10,11)12)49-59-105(95)128)72-112-114(113)125(99)98-54-52-83(126-100-42-30-28-38-86(100)87-39-29-31-43-101(87)126)70-110(98)130(112)109-45-33-41-89-88-40-32-44-108(116(88)132-117(89)109)129-106-60-50-80(122(13,14)15)66-96(106)97-67-81(123(16,17)18)51-61-107(97)129/h22-73H,1-21H3/i28D,29D,30D,31D,38D,39D,42D,43D. The Bertz CT molecular complexity index is 8610. The van der Waals surface area contributed by atoms with E-state index in [-0.39, 0.29) is 71.8 Å². The lowest BCUT2D eigenvalue weighted by molar-refractivity contribution is 0.590. The fourth-order valence-corrected chi connectivity index (χ4v) is 21.4. The minimum absolute atomic E-state index is 0.0112. The zero-order valence-corrected chi connectivity index (χ0v) is 79.6. The van der Waals surface area contributed by atoms with Gasteiger partial charge < -0.3 is 32.5 Å². The monoisotopic (exact) mass is 1720 g/mol. The molecule has 2 aliphatic heterocycles. The Kier molecular flexibility index (Phi) is 16.2. The SMILES string of the molecule is [2H]c1c([2H])c([2H])c2c(c1[2H])c1c([2H])c([2H])c([2H])c([2H])c1n2-c1ccc2c(c1)N(c1cccc3c1oc1c(-n4c5ccc(C(C)(C)C)cc5c5cc(C(C)(C)C)ccc54)cccc13)c1cc(-n3c4ccc(C(C)(C)C)cc4c4cc(C(C)(C)C)ccc43)cc3c1B2c1ccc(-n2c4ccc(C(C)(C)C)cc4c4cc(C(C)(C)C)ccc42)cc1N3c1c(-c2ccccc2)cc(C(C)(C)C)cc1-c1ccccc1. The van der Waals surface area contributed by atoms with Crippen LogP contribution >= 0.6 is 0 Å². The highest BCUT2D eigenvalue weighted by Gasteiger charge is 2.47. The van der Waals surface area contributed by atoms with Gasteiger partial charge >= 0.3 is 0 Å². The number of nitrogens with zero attached hydrogens (tertiary/aromatic N) is 6. The number of anilines is 6. The van der Waals surface area contributed by atoms with E-state index in [2.05, 4.69) is 430 Å². The summed E-state index contributed by atoms with van der Waals surface area (Å²) in [5, 5.41) is 8.60. The van der Waals surface area contributed by atoms with Gasteiger partial charge in [0.2, 0.25) is 0 Å². The van der Waals surface area contributed by atoms with Gasteiger partial charge in [0, 0.05) is 99.1 Å². The first-order valence-corrected chi connectivity index (χ1v) is 46.8. The van der Waals surface area contributed by atoms with Gasteiger partial charge in [0.05, 0.1) is 77.8 Å². The lowest BCUT2D eigenvalue weighted by atomic mass is 9.33. The first kappa shape index (κ1) is 73.9. The Labute approximate surface area is 787 Å². The average Bonchev–Trinajstić information content (AvgIpc) is 0.699. The summed E-state index contributed by atoms with van der Waals surface area (Å²) in [7, 11) is 0. The first-order chi connectivity index (χ1) is 66.2. The van der Waals surface area contributed by atoms with Crippen molar-refractivity contribution in [3.8, 4) is 45.0 Å². The Morgan fingerprint density at radius 1 is 0.235 bits per heavy atom. The van der Waals surface area contributed by atoms with Gasteiger partial charge in [0.25, 0.3) is 6.71 Å². The molecule has 8 heteroatoms. The Morgan fingerprint density at radius 2 is 0.553 bits per heavy atom. The quantitative estimate of drug-likeness (QED) is 0.142. The van der Waals surface area contributed by atoms with Crippen molar-refractivity contribution in [2.45, 2.75) is 183 Å². The van der Waals surface area contributed by atoms with Gasteiger partial charge in [-0.2, -0.15) is 0 Å². The number of hydrogen-bond donors (Lipinski definition) is 0. The molecule has 23 rings (SSSR count). The molecule has 0 atom stereocenters. The molecule has 7 heterocycles. The molecule has 0 fully saturated rings. The van der Waals surface area contributed by atoms with E-state index in [1.807, 2.05) is 6.07 Å². The summed E-state index contributed by atoms with van der Waals surface area (Å²) in [6.07, 6.45) is 0. The maximum absolute atomic E-state index is 10.1. The zero-order chi connectivity index (χ0) is 98.4. The molecule has 0 radical (unpaired) electrons.